The lowest BCUT2D eigenvalue weighted by Gasteiger charge is -2.24. The van der Waals surface area contributed by atoms with Gasteiger partial charge in [-0.2, -0.15) is 0 Å². The van der Waals surface area contributed by atoms with Gasteiger partial charge in [0.2, 0.25) is 0 Å². The van der Waals surface area contributed by atoms with Crippen molar-refractivity contribution in [2.75, 3.05) is 6.61 Å². The second kappa shape index (κ2) is 5.28. The third-order valence-electron chi connectivity index (χ3n) is 3.78. The number of aliphatic hydroxyl groups excluding tert-OH is 1. The van der Waals surface area contributed by atoms with Crippen molar-refractivity contribution in [3.05, 3.63) is 0 Å². The average Bonchev–Trinajstić information content (AvgIpc) is 2.70. The normalized spacial score (nSPS) is 35.9. The van der Waals surface area contributed by atoms with Crippen LogP contribution in [-0.4, -0.2) is 41.3 Å². The minimum absolute atomic E-state index is 0.0363. The molecule has 20 heavy (non-hydrogen) atoms. The van der Waals surface area contributed by atoms with E-state index in [4.69, 9.17) is 14.2 Å². The molecule has 2 aliphatic rings. The van der Waals surface area contributed by atoms with Crippen molar-refractivity contribution >= 4 is 5.97 Å². The lowest BCUT2D eigenvalue weighted by molar-refractivity contribution is -0.169. The fourth-order valence-corrected chi connectivity index (χ4v) is 3.18. The zero-order valence-corrected chi connectivity index (χ0v) is 13.0. The minimum atomic E-state index is -0.643. The standard InChI is InChI=1S/C15H26O5/c1-14(2,3)18-11(17)7-9-6-10(8-16)13-12(9)19-15(4,5)20-13/h9-10,12-13,16H,6-8H2,1-5H3/t9-,10+,12-,13+/m0/s1. The van der Waals surface area contributed by atoms with E-state index in [1.54, 1.807) is 0 Å². The summed E-state index contributed by atoms with van der Waals surface area (Å²) in [6.45, 7) is 9.37. The number of esters is 1. The van der Waals surface area contributed by atoms with Gasteiger partial charge < -0.3 is 19.3 Å². The van der Waals surface area contributed by atoms with Gasteiger partial charge in [0.05, 0.1) is 18.6 Å². The number of rotatable bonds is 3. The van der Waals surface area contributed by atoms with Gasteiger partial charge in [-0.1, -0.05) is 0 Å². The van der Waals surface area contributed by atoms with Crippen LogP contribution in [0.3, 0.4) is 0 Å². The summed E-state index contributed by atoms with van der Waals surface area (Å²) < 4.78 is 17.1. The molecule has 0 aromatic rings. The molecule has 0 spiro atoms. The van der Waals surface area contributed by atoms with Crippen LogP contribution < -0.4 is 0 Å². The van der Waals surface area contributed by atoms with E-state index >= 15 is 0 Å². The topological polar surface area (TPSA) is 65.0 Å². The van der Waals surface area contributed by atoms with Crippen LogP contribution in [0.25, 0.3) is 0 Å². The van der Waals surface area contributed by atoms with E-state index in [0.717, 1.165) is 6.42 Å². The summed E-state index contributed by atoms with van der Waals surface area (Å²) in [6.07, 6.45) is 0.798. The number of ether oxygens (including phenoxy) is 3. The zero-order chi connectivity index (χ0) is 15.1. The van der Waals surface area contributed by atoms with Crippen LogP contribution in [0.4, 0.5) is 0 Å². The Morgan fingerprint density at radius 1 is 1.25 bits per heavy atom. The highest BCUT2D eigenvalue weighted by molar-refractivity contribution is 5.70. The van der Waals surface area contributed by atoms with E-state index in [2.05, 4.69) is 0 Å². The lowest BCUT2D eigenvalue weighted by Crippen LogP contribution is -2.30. The molecule has 116 valence electrons. The molecular formula is C15H26O5. The Hall–Kier alpha value is -0.650. The monoisotopic (exact) mass is 286 g/mol. The van der Waals surface area contributed by atoms with E-state index in [1.807, 2.05) is 34.6 Å². The average molecular weight is 286 g/mol. The van der Waals surface area contributed by atoms with E-state index in [1.165, 1.54) is 0 Å². The van der Waals surface area contributed by atoms with Crippen molar-refractivity contribution in [3.63, 3.8) is 0 Å². The number of aliphatic hydroxyl groups is 1. The largest absolute Gasteiger partial charge is 0.460 e. The van der Waals surface area contributed by atoms with Gasteiger partial charge in [0.25, 0.3) is 0 Å². The zero-order valence-electron chi connectivity index (χ0n) is 13.0. The van der Waals surface area contributed by atoms with Gasteiger partial charge in [0.15, 0.2) is 5.79 Å². The number of hydrogen-bond donors (Lipinski definition) is 1. The van der Waals surface area contributed by atoms with Crippen LogP contribution in [0.15, 0.2) is 0 Å². The van der Waals surface area contributed by atoms with Crippen molar-refractivity contribution in [3.8, 4) is 0 Å². The Labute approximate surface area is 120 Å². The number of hydrogen-bond acceptors (Lipinski definition) is 5. The molecule has 0 aromatic carbocycles. The molecule has 1 aliphatic carbocycles. The molecule has 2 fully saturated rings. The summed E-state index contributed by atoms with van der Waals surface area (Å²) in [5.41, 5.74) is -0.474. The Morgan fingerprint density at radius 3 is 2.30 bits per heavy atom. The Balaban J connectivity index is 2.00. The smallest absolute Gasteiger partial charge is 0.306 e. The predicted molar refractivity (Wildman–Crippen MR) is 73.0 cm³/mol. The molecular weight excluding hydrogens is 260 g/mol. The number of carbonyl (C=O) groups is 1. The quantitative estimate of drug-likeness (QED) is 0.802. The highest BCUT2D eigenvalue weighted by Crippen LogP contribution is 2.45. The maximum Gasteiger partial charge on any atom is 0.306 e. The van der Waals surface area contributed by atoms with Gasteiger partial charge in [0.1, 0.15) is 5.60 Å². The van der Waals surface area contributed by atoms with Crippen molar-refractivity contribution in [2.24, 2.45) is 11.8 Å². The number of fused-ring (bicyclic) bond motifs is 1. The molecule has 4 atom stereocenters. The highest BCUT2D eigenvalue weighted by Gasteiger charge is 2.54. The number of carbonyl (C=O) groups excluding carboxylic acids is 1. The molecule has 1 saturated heterocycles. The fourth-order valence-electron chi connectivity index (χ4n) is 3.18. The summed E-state index contributed by atoms with van der Waals surface area (Å²) >= 11 is 0. The molecule has 0 aromatic heterocycles. The van der Waals surface area contributed by atoms with Crippen LogP contribution in [0.1, 0.15) is 47.5 Å². The maximum atomic E-state index is 12.0. The van der Waals surface area contributed by atoms with Crippen LogP contribution in [-0.2, 0) is 19.0 Å². The van der Waals surface area contributed by atoms with E-state index in [9.17, 15) is 9.90 Å². The first-order chi connectivity index (χ1) is 9.11. The summed E-state index contributed by atoms with van der Waals surface area (Å²) in [6, 6.07) is 0. The molecule has 0 amide bonds. The van der Waals surface area contributed by atoms with Gasteiger partial charge in [0, 0.05) is 12.5 Å². The van der Waals surface area contributed by atoms with Gasteiger partial charge in [-0.3, -0.25) is 4.79 Å². The second-order valence-electron chi connectivity index (χ2n) is 7.29. The molecule has 5 heteroatoms. The Bertz CT molecular complexity index is 371. The van der Waals surface area contributed by atoms with Crippen molar-refractivity contribution in [2.45, 2.75) is 71.1 Å². The molecule has 1 saturated carbocycles. The van der Waals surface area contributed by atoms with E-state index in [-0.39, 0.29) is 36.6 Å². The molecule has 1 heterocycles. The lowest BCUT2D eigenvalue weighted by atomic mass is 10.0. The summed E-state index contributed by atoms with van der Waals surface area (Å²) in [5.74, 6) is -0.772. The van der Waals surface area contributed by atoms with Crippen LogP contribution in [0.2, 0.25) is 0 Å². The predicted octanol–water partition coefficient (Wildman–Crippen LogP) is 1.87. The van der Waals surface area contributed by atoms with Crippen LogP contribution in [0, 0.1) is 11.8 Å². The second-order valence-corrected chi connectivity index (χ2v) is 7.29. The molecule has 1 N–H and O–H groups in total. The third-order valence-corrected chi connectivity index (χ3v) is 3.78. The van der Waals surface area contributed by atoms with Crippen molar-refractivity contribution < 1.29 is 24.1 Å². The molecule has 5 nitrogen and oxygen atoms in total. The summed E-state index contributed by atoms with van der Waals surface area (Å²) in [4.78, 5) is 12.0. The molecule has 1 aliphatic heterocycles. The first kappa shape index (κ1) is 15.7. The third kappa shape index (κ3) is 3.51. The SMILES string of the molecule is CC(C)(C)OC(=O)C[C@@H]1C[C@H](CO)[C@H]2OC(C)(C)O[C@@H]12. The Kier molecular flexibility index (Phi) is 4.15. The maximum absolute atomic E-state index is 12.0. The molecule has 0 radical (unpaired) electrons. The highest BCUT2D eigenvalue weighted by atomic mass is 16.8. The first-order valence-corrected chi connectivity index (χ1v) is 7.29. The summed E-state index contributed by atoms with van der Waals surface area (Å²) in [5, 5.41) is 9.47. The van der Waals surface area contributed by atoms with Gasteiger partial charge in [-0.15, -0.1) is 0 Å². The molecule has 2 rings (SSSR count). The first-order valence-electron chi connectivity index (χ1n) is 7.29. The van der Waals surface area contributed by atoms with E-state index < -0.39 is 11.4 Å². The van der Waals surface area contributed by atoms with Crippen molar-refractivity contribution in [1.29, 1.82) is 0 Å². The van der Waals surface area contributed by atoms with Crippen LogP contribution in [0.5, 0.6) is 0 Å². The van der Waals surface area contributed by atoms with Gasteiger partial charge >= 0.3 is 5.97 Å². The molecule has 0 bridgehead atoms. The van der Waals surface area contributed by atoms with Crippen molar-refractivity contribution in [1.82, 2.24) is 0 Å². The van der Waals surface area contributed by atoms with E-state index in [0.29, 0.717) is 6.42 Å². The van der Waals surface area contributed by atoms with Crippen LogP contribution >= 0.6 is 0 Å². The van der Waals surface area contributed by atoms with Gasteiger partial charge in [-0.25, -0.2) is 0 Å². The fraction of sp³-hybridized carbons (Fsp3) is 0.933. The summed E-state index contributed by atoms with van der Waals surface area (Å²) in [7, 11) is 0. The minimum Gasteiger partial charge on any atom is -0.460 e. The van der Waals surface area contributed by atoms with Gasteiger partial charge in [-0.05, 0) is 47.0 Å². The molecule has 0 unspecified atom stereocenters. The Morgan fingerprint density at radius 2 is 1.80 bits per heavy atom.